The van der Waals surface area contributed by atoms with E-state index >= 15 is 0 Å². The predicted octanol–water partition coefficient (Wildman–Crippen LogP) is 0.817. The number of nitrogens with two attached hydrogens (primary N) is 1. The molecule has 2 amide bonds. The monoisotopic (exact) mass is 645 g/mol. The van der Waals surface area contributed by atoms with Crippen LogP contribution in [0.5, 0.6) is 5.75 Å². The van der Waals surface area contributed by atoms with Gasteiger partial charge in [0, 0.05) is 18.0 Å². The summed E-state index contributed by atoms with van der Waals surface area (Å²) in [6.07, 6.45) is 0.995. The van der Waals surface area contributed by atoms with Gasteiger partial charge in [-0.3, -0.25) is 38.5 Å². The Bertz CT molecular complexity index is 1710. The molecule has 5 N–H and O–H groups in total. The molecule has 13 heteroatoms. The molecule has 1 heterocycles. The number of esters is 1. The number of methoxy groups -OCH3 is 1. The summed E-state index contributed by atoms with van der Waals surface area (Å²) in [6, 6.07) is 9.93. The molecular formula is C34H35N3O10. The molecule has 47 heavy (non-hydrogen) atoms. The average Bonchev–Trinajstić information content (AvgIpc) is 3.03. The Kier molecular flexibility index (Phi) is 8.30. The molecule has 4 aliphatic rings. The maximum atomic E-state index is 13.8. The third kappa shape index (κ3) is 5.42. The molecule has 6 rings (SSSR count). The summed E-state index contributed by atoms with van der Waals surface area (Å²) in [4.78, 5) is 91.6. The van der Waals surface area contributed by atoms with Gasteiger partial charge >= 0.3 is 5.97 Å². The van der Waals surface area contributed by atoms with Crippen LogP contribution in [0.4, 0.5) is 5.69 Å². The number of carbonyl (C=O) groups is 7. The first-order valence-electron chi connectivity index (χ1n) is 15.6. The van der Waals surface area contributed by atoms with E-state index in [1.54, 1.807) is 30.3 Å². The molecule has 0 spiro atoms. The lowest BCUT2D eigenvalue weighted by molar-refractivity contribution is -0.175. The van der Waals surface area contributed by atoms with Crippen molar-refractivity contribution in [1.82, 2.24) is 4.90 Å². The minimum atomic E-state index is -2.70. The number of likely N-dealkylation sites (tertiary alicyclic amines) is 1. The molecule has 2 aromatic rings. The molecule has 0 aromatic heterocycles. The maximum Gasteiger partial charge on any atom is 0.308 e. The summed E-state index contributed by atoms with van der Waals surface area (Å²) in [5.74, 6) is -11.2. The van der Waals surface area contributed by atoms with Crippen LogP contribution in [0.1, 0.15) is 41.6 Å². The fraction of sp³-hybridized carbons (Fsp3) is 0.441. The van der Waals surface area contributed by atoms with Crippen LogP contribution in [0.15, 0.2) is 36.4 Å². The number of phenols is 1. The van der Waals surface area contributed by atoms with E-state index in [1.165, 1.54) is 13.2 Å². The predicted molar refractivity (Wildman–Crippen MR) is 164 cm³/mol. The molecule has 13 nitrogen and oxygen atoms in total. The quantitative estimate of drug-likeness (QED) is 0.255. The number of ketones is 4. The zero-order chi connectivity index (χ0) is 33.8. The van der Waals surface area contributed by atoms with Crippen molar-refractivity contribution in [3.8, 4) is 16.9 Å². The van der Waals surface area contributed by atoms with Gasteiger partial charge in [-0.25, -0.2) is 0 Å². The summed E-state index contributed by atoms with van der Waals surface area (Å²) >= 11 is 0. The van der Waals surface area contributed by atoms with Crippen molar-refractivity contribution < 1.29 is 48.5 Å². The van der Waals surface area contributed by atoms with Crippen LogP contribution in [0, 0.1) is 29.6 Å². The number of aromatic hydroxyl groups is 1. The first-order chi connectivity index (χ1) is 22.3. The van der Waals surface area contributed by atoms with Crippen molar-refractivity contribution in [3.05, 3.63) is 47.5 Å². The van der Waals surface area contributed by atoms with E-state index in [1.807, 2.05) is 4.90 Å². The lowest BCUT2D eigenvalue weighted by atomic mass is 9.53. The number of ether oxygens (including phenoxy) is 1. The maximum absolute atomic E-state index is 13.8. The number of amides is 2. The minimum Gasteiger partial charge on any atom is -0.507 e. The van der Waals surface area contributed by atoms with Gasteiger partial charge in [0.2, 0.25) is 11.8 Å². The number of anilines is 1. The molecule has 0 bridgehead atoms. The second kappa shape index (κ2) is 12.1. The molecule has 246 valence electrons. The van der Waals surface area contributed by atoms with Crippen LogP contribution in [-0.4, -0.2) is 88.4 Å². The van der Waals surface area contributed by atoms with Gasteiger partial charge in [0.25, 0.3) is 0 Å². The van der Waals surface area contributed by atoms with Crippen molar-refractivity contribution in [1.29, 1.82) is 0 Å². The van der Waals surface area contributed by atoms with Gasteiger partial charge in [0.15, 0.2) is 34.7 Å². The lowest BCUT2D eigenvalue weighted by Gasteiger charge is -2.48. The number of Topliss-reactive ketones (excluding diaryl/α,β-unsaturated/α-hetero) is 4. The Labute approximate surface area is 269 Å². The van der Waals surface area contributed by atoms with E-state index in [0.29, 0.717) is 48.3 Å². The third-order valence-electron chi connectivity index (χ3n) is 10.3. The smallest absolute Gasteiger partial charge is 0.308 e. The molecule has 3 aliphatic carbocycles. The van der Waals surface area contributed by atoms with Gasteiger partial charge < -0.3 is 26.0 Å². The number of hydrogen-bond acceptors (Lipinski definition) is 11. The number of benzene rings is 2. The van der Waals surface area contributed by atoms with Gasteiger partial charge in [-0.2, -0.15) is 0 Å². The molecule has 2 saturated carbocycles. The van der Waals surface area contributed by atoms with Gasteiger partial charge in [-0.1, -0.05) is 18.2 Å². The number of piperidine rings is 1. The highest BCUT2D eigenvalue weighted by Gasteiger charge is 2.66. The van der Waals surface area contributed by atoms with E-state index in [0.717, 1.165) is 0 Å². The minimum absolute atomic E-state index is 0.00147. The Morgan fingerprint density at radius 3 is 2.32 bits per heavy atom. The fourth-order valence-electron chi connectivity index (χ4n) is 7.87. The Balaban J connectivity index is 1.20. The number of rotatable bonds is 6. The number of hydrogen-bond donors (Lipinski definition) is 4. The van der Waals surface area contributed by atoms with Crippen LogP contribution < -0.4 is 11.1 Å². The van der Waals surface area contributed by atoms with E-state index in [4.69, 9.17) is 10.5 Å². The highest BCUT2D eigenvalue weighted by atomic mass is 16.5. The van der Waals surface area contributed by atoms with E-state index in [-0.39, 0.29) is 48.5 Å². The van der Waals surface area contributed by atoms with Crippen LogP contribution in [0.25, 0.3) is 11.1 Å². The number of carbonyl (C=O) groups excluding carboxylic acids is 7. The van der Waals surface area contributed by atoms with Gasteiger partial charge in [0.1, 0.15) is 5.75 Å². The molecule has 1 saturated heterocycles. The van der Waals surface area contributed by atoms with Crippen molar-refractivity contribution in [2.45, 2.75) is 37.7 Å². The van der Waals surface area contributed by atoms with Crippen molar-refractivity contribution in [3.63, 3.8) is 0 Å². The first kappa shape index (κ1) is 32.2. The molecule has 3 fully saturated rings. The molecule has 2 unspecified atom stereocenters. The Morgan fingerprint density at radius 2 is 1.68 bits per heavy atom. The largest absolute Gasteiger partial charge is 0.507 e. The van der Waals surface area contributed by atoms with Crippen LogP contribution in [-0.2, 0) is 39.9 Å². The number of phenolic OH excluding ortho intramolecular Hbond substituents is 1. The summed E-state index contributed by atoms with van der Waals surface area (Å²) < 4.78 is 4.81. The first-order valence-corrected chi connectivity index (χ1v) is 15.6. The van der Waals surface area contributed by atoms with Crippen molar-refractivity contribution >= 4 is 46.6 Å². The number of nitrogens with one attached hydrogen (secondary N) is 1. The fourth-order valence-corrected chi connectivity index (χ4v) is 7.87. The summed E-state index contributed by atoms with van der Waals surface area (Å²) in [5.41, 5.74) is 4.79. The normalized spacial score (nSPS) is 27.8. The SMILES string of the molecule is COC(=O)C1CCN(CC(=O)Nc2ccc(-c3ccc(O)c4c3C[C@H]3C[C@H]5CC(=O)C(C(N)=O)C(=O)[C@@]5(O)C(=O)C3C4=O)cc2)CC1. The van der Waals surface area contributed by atoms with E-state index in [9.17, 15) is 43.8 Å². The average molecular weight is 646 g/mol. The van der Waals surface area contributed by atoms with Crippen molar-refractivity contribution in [2.75, 3.05) is 32.1 Å². The lowest BCUT2D eigenvalue weighted by Crippen LogP contribution is -2.68. The topological polar surface area (TPSA) is 210 Å². The molecular weight excluding hydrogens is 610 g/mol. The third-order valence-corrected chi connectivity index (χ3v) is 10.3. The van der Waals surface area contributed by atoms with Gasteiger partial charge in [0.05, 0.1) is 31.1 Å². The van der Waals surface area contributed by atoms with Crippen LogP contribution >= 0.6 is 0 Å². The summed E-state index contributed by atoms with van der Waals surface area (Å²) in [5, 5.41) is 25.0. The molecule has 2 aromatic carbocycles. The summed E-state index contributed by atoms with van der Waals surface area (Å²) in [6.45, 7) is 1.37. The standard InChI is InChI=1S/C34H35N3O10/c1-47-33(45)17-8-10-37(11-9-17)15-25(40)36-20-4-2-16(3-5-20)21-6-7-23(38)27-22(21)13-18-12-19-14-24(39)28(32(35)44)31(43)34(19,46)30(42)26(18)29(27)41/h2-7,17-19,26,28,38,46H,8-15H2,1H3,(H2,35,44)(H,36,40)/t18-,19+,26?,28?,34+/m1/s1. The van der Waals surface area contributed by atoms with E-state index < -0.39 is 64.7 Å². The van der Waals surface area contributed by atoms with Gasteiger partial charge in [-0.05, 0) is 79.6 Å². The molecule has 5 atom stereocenters. The highest BCUT2D eigenvalue weighted by molar-refractivity contribution is 6.31. The Hall–Kier alpha value is -4.75. The number of fused-ring (bicyclic) bond motifs is 3. The zero-order valence-electron chi connectivity index (χ0n) is 25.7. The van der Waals surface area contributed by atoms with Gasteiger partial charge in [-0.15, -0.1) is 0 Å². The number of nitrogens with zero attached hydrogens (tertiary/aromatic N) is 1. The zero-order valence-corrected chi connectivity index (χ0v) is 25.7. The number of primary amides is 1. The highest BCUT2D eigenvalue weighted by Crippen LogP contribution is 2.51. The molecule has 1 aliphatic heterocycles. The number of aliphatic hydroxyl groups is 1. The van der Waals surface area contributed by atoms with Crippen molar-refractivity contribution in [2.24, 2.45) is 35.3 Å². The van der Waals surface area contributed by atoms with E-state index in [2.05, 4.69) is 5.32 Å². The second-order valence-electron chi connectivity index (χ2n) is 12.9. The van der Waals surface area contributed by atoms with Crippen LogP contribution in [0.2, 0.25) is 0 Å². The second-order valence-corrected chi connectivity index (χ2v) is 12.9. The van der Waals surface area contributed by atoms with Crippen LogP contribution in [0.3, 0.4) is 0 Å². The summed E-state index contributed by atoms with van der Waals surface area (Å²) in [7, 11) is 1.37. The Morgan fingerprint density at radius 1 is 1.00 bits per heavy atom. The molecule has 0 radical (unpaired) electrons.